The number of rotatable bonds is 5. The third-order valence-electron chi connectivity index (χ3n) is 5.13. The molecule has 1 heterocycles. The Bertz CT molecular complexity index is 283. The van der Waals surface area contributed by atoms with E-state index in [-0.39, 0.29) is 5.54 Å². The van der Waals surface area contributed by atoms with Crippen molar-refractivity contribution in [2.75, 3.05) is 33.4 Å². The van der Waals surface area contributed by atoms with Gasteiger partial charge in [0, 0.05) is 26.2 Å². The maximum absolute atomic E-state index is 6.18. The van der Waals surface area contributed by atoms with Crippen molar-refractivity contribution in [1.82, 2.24) is 4.90 Å². The van der Waals surface area contributed by atoms with Crippen LogP contribution in [0.15, 0.2) is 0 Å². The van der Waals surface area contributed by atoms with E-state index >= 15 is 0 Å². The largest absolute Gasteiger partial charge is 0.383 e. The molecule has 2 fully saturated rings. The van der Waals surface area contributed by atoms with Crippen molar-refractivity contribution < 1.29 is 9.47 Å². The van der Waals surface area contributed by atoms with Crippen molar-refractivity contribution >= 4 is 0 Å². The van der Waals surface area contributed by atoms with Crippen LogP contribution in [0.4, 0.5) is 0 Å². The van der Waals surface area contributed by atoms with Gasteiger partial charge in [0.1, 0.15) is 0 Å². The van der Waals surface area contributed by atoms with Gasteiger partial charge in [0.15, 0.2) is 0 Å². The fraction of sp³-hybridized carbons (Fsp3) is 1.00. The van der Waals surface area contributed by atoms with Gasteiger partial charge in [-0.15, -0.1) is 0 Å². The SMILES string of the molecule is COCC(CN)(C(C)C)N1CCOC2CCCCC21. The molecule has 0 bridgehead atoms. The molecule has 0 aromatic rings. The average molecular weight is 270 g/mol. The van der Waals surface area contributed by atoms with E-state index < -0.39 is 0 Å². The van der Waals surface area contributed by atoms with Gasteiger partial charge in [-0.3, -0.25) is 4.90 Å². The lowest BCUT2D eigenvalue weighted by molar-refractivity contribution is -0.147. The molecule has 4 heteroatoms. The van der Waals surface area contributed by atoms with E-state index in [9.17, 15) is 0 Å². The van der Waals surface area contributed by atoms with Gasteiger partial charge in [-0.05, 0) is 18.8 Å². The molecule has 19 heavy (non-hydrogen) atoms. The summed E-state index contributed by atoms with van der Waals surface area (Å²) in [6.07, 6.45) is 5.46. The molecule has 2 N–H and O–H groups in total. The molecule has 3 atom stereocenters. The van der Waals surface area contributed by atoms with E-state index in [4.69, 9.17) is 15.2 Å². The van der Waals surface area contributed by atoms with Crippen LogP contribution < -0.4 is 5.73 Å². The first-order valence-corrected chi connectivity index (χ1v) is 7.73. The summed E-state index contributed by atoms with van der Waals surface area (Å²) in [5.74, 6) is 0.484. The molecule has 1 aliphatic carbocycles. The van der Waals surface area contributed by atoms with Crippen molar-refractivity contribution in [2.45, 2.75) is 57.2 Å². The van der Waals surface area contributed by atoms with Gasteiger partial charge >= 0.3 is 0 Å². The first kappa shape index (κ1) is 15.2. The summed E-state index contributed by atoms with van der Waals surface area (Å²) in [6.45, 7) is 7.71. The highest BCUT2D eigenvalue weighted by Crippen LogP contribution is 2.36. The second-order valence-corrected chi connectivity index (χ2v) is 6.35. The Hall–Kier alpha value is -0.160. The van der Waals surface area contributed by atoms with E-state index in [0.29, 0.717) is 31.2 Å². The zero-order chi connectivity index (χ0) is 13.9. The Balaban J connectivity index is 2.23. The maximum Gasteiger partial charge on any atom is 0.0731 e. The molecule has 0 aromatic heterocycles. The van der Waals surface area contributed by atoms with E-state index in [1.54, 1.807) is 7.11 Å². The summed E-state index contributed by atoms with van der Waals surface area (Å²) in [6, 6.07) is 0.531. The summed E-state index contributed by atoms with van der Waals surface area (Å²) in [5.41, 5.74) is 6.14. The highest BCUT2D eigenvalue weighted by atomic mass is 16.5. The van der Waals surface area contributed by atoms with E-state index in [1.165, 1.54) is 25.7 Å². The number of fused-ring (bicyclic) bond motifs is 1. The first-order chi connectivity index (χ1) is 9.15. The van der Waals surface area contributed by atoms with Crippen LogP contribution in [-0.2, 0) is 9.47 Å². The molecule has 1 saturated carbocycles. The molecule has 2 aliphatic rings. The Morgan fingerprint density at radius 1 is 1.37 bits per heavy atom. The fourth-order valence-electron chi connectivity index (χ4n) is 3.89. The molecule has 0 amide bonds. The Kier molecular flexibility index (Phi) is 5.23. The predicted molar refractivity (Wildman–Crippen MR) is 77.2 cm³/mol. The van der Waals surface area contributed by atoms with Crippen LogP contribution in [0.5, 0.6) is 0 Å². The van der Waals surface area contributed by atoms with Crippen molar-refractivity contribution in [2.24, 2.45) is 11.7 Å². The lowest BCUT2D eigenvalue weighted by Crippen LogP contribution is -2.68. The van der Waals surface area contributed by atoms with Crippen LogP contribution in [0.25, 0.3) is 0 Å². The van der Waals surface area contributed by atoms with Crippen LogP contribution in [0, 0.1) is 5.92 Å². The van der Waals surface area contributed by atoms with Gasteiger partial charge in [-0.25, -0.2) is 0 Å². The Labute approximate surface area is 117 Å². The van der Waals surface area contributed by atoms with Crippen LogP contribution in [0.3, 0.4) is 0 Å². The predicted octanol–water partition coefficient (Wildman–Crippen LogP) is 1.63. The molecular weight excluding hydrogens is 240 g/mol. The minimum atomic E-state index is -0.0429. The summed E-state index contributed by atoms with van der Waals surface area (Å²) >= 11 is 0. The van der Waals surface area contributed by atoms with E-state index in [1.807, 2.05) is 0 Å². The van der Waals surface area contributed by atoms with Crippen LogP contribution in [0.1, 0.15) is 39.5 Å². The zero-order valence-corrected chi connectivity index (χ0v) is 12.7. The van der Waals surface area contributed by atoms with Crippen molar-refractivity contribution in [3.8, 4) is 0 Å². The summed E-state index contributed by atoms with van der Waals surface area (Å²) < 4.78 is 11.5. The second kappa shape index (κ2) is 6.53. The van der Waals surface area contributed by atoms with Crippen molar-refractivity contribution in [3.63, 3.8) is 0 Å². The van der Waals surface area contributed by atoms with Crippen molar-refractivity contribution in [3.05, 3.63) is 0 Å². The quantitative estimate of drug-likeness (QED) is 0.825. The number of hydrogen-bond acceptors (Lipinski definition) is 4. The lowest BCUT2D eigenvalue weighted by Gasteiger charge is -2.54. The first-order valence-electron chi connectivity index (χ1n) is 7.73. The number of methoxy groups -OCH3 is 1. The number of morpholine rings is 1. The minimum Gasteiger partial charge on any atom is -0.383 e. The summed E-state index contributed by atoms with van der Waals surface area (Å²) in [5, 5.41) is 0. The van der Waals surface area contributed by atoms with Gasteiger partial charge in [0.25, 0.3) is 0 Å². The van der Waals surface area contributed by atoms with Crippen LogP contribution >= 0.6 is 0 Å². The molecule has 0 radical (unpaired) electrons. The fourth-order valence-corrected chi connectivity index (χ4v) is 3.89. The average Bonchev–Trinajstić information content (AvgIpc) is 2.44. The summed E-state index contributed by atoms with van der Waals surface area (Å²) in [4.78, 5) is 2.62. The second-order valence-electron chi connectivity index (χ2n) is 6.35. The molecule has 0 spiro atoms. The molecule has 4 nitrogen and oxygen atoms in total. The highest BCUT2D eigenvalue weighted by molar-refractivity contribution is 5.01. The lowest BCUT2D eigenvalue weighted by atomic mass is 9.80. The van der Waals surface area contributed by atoms with Gasteiger partial charge in [0.2, 0.25) is 0 Å². The molecule has 112 valence electrons. The van der Waals surface area contributed by atoms with Gasteiger partial charge in [-0.2, -0.15) is 0 Å². The number of hydrogen-bond donors (Lipinski definition) is 1. The standard InChI is InChI=1S/C15H30N2O2/c1-12(2)15(10-16,11-18-3)17-8-9-19-14-7-5-4-6-13(14)17/h12-14H,4-11,16H2,1-3H3. The normalized spacial score (nSPS) is 32.1. The molecule has 2 rings (SSSR count). The molecule has 1 saturated heterocycles. The molecular formula is C15H30N2O2. The van der Waals surface area contributed by atoms with E-state index in [0.717, 1.165) is 13.2 Å². The van der Waals surface area contributed by atoms with E-state index in [2.05, 4.69) is 18.7 Å². The number of nitrogens with zero attached hydrogens (tertiary/aromatic N) is 1. The topological polar surface area (TPSA) is 47.7 Å². The minimum absolute atomic E-state index is 0.0429. The number of ether oxygens (including phenoxy) is 2. The highest BCUT2D eigenvalue weighted by Gasteiger charge is 2.46. The summed E-state index contributed by atoms with van der Waals surface area (Å²) in [7, 11) is 1.78. The molecule has 3 unspecified atom stereocenters. The molecule has 0 aromatic carbocycles. The maximum atomic E-state index is 6.18. The van der Waals surface area contributed by atoms with Crippen LogP contribution in [0.2, 0.25) is 0 Å². The smallest absolute Gasteiger partial charge is 0.0731 e. The van der Waals surface area contributed by atoms with Crippen LogP contribution in [-0.4, -0.2) is 56.0 Å². The number of nitrogens with two attached hydrogens (primary N) is 1. The monoisotopic (exact) mass is 270 g/mol. The van der Waals surface area contributed by atoms with Gasteiger partial charge in [-0.1, -0.05) is 26.7 Å². The Morgan fingerprint density at radius 2 is 2.11 bits per heavy atom. The third kappa shape index (κ3) is 2.82. The Morgan fingerprint density at radius 3 is 2.74 bits per heavy atom. The van der Waals surface area contributed by atoms with Gasteiger partial charge in [0.05, 0.1) is 24.9 Å². The molecule has 1 aliphatic heterocycles. The third-order valence-corrected chi connectivity index (χ3v) is 5.13. The van der Waals surface area contributed by atoms with Gasteiger partial charge < -0.3 is 15.2 Å². The van der Waals surface area contributed by atoms with Crippen molar-refractivity contribution in [1.29, 1.82) is 0 Å². The zero-order valence-electron chi connectivity index (χ0n) is 12.7.